The quantitative estimate of drug-likeness (QED) is 0.547. The monoisotopic (exact) mass is 386 g/mol. The first kappa shape index (κ1) is 17.3. The van der Waals surface area contributed by atoms with E-state index in [0.29, 0.717) is 29.9 Å². The summed E-state index contributed by atoms with van der Waals surface area (Å²) in [5, 5.41) is 6.92. The molecule has 1 fully saturated rings. The van der Waals surface area contributed by atoms with Gasteiger partial charge in [0.2, 0.25) is 0 Å². The predicted octanol–water partition coefficient (Wildman–Crippen LogP) is 3.12. The SMILES string of the molecule is O=C(NCc1ccccc1)c1cn(-c2cc(-c3nc(C4CC4)no3)ccn2)cn1. The van der Waals surface area contributed by atoms with Gasteiger partial charge in [-0.15, -0.1) is 0 Å². The summed E-state index contributed by atoms with van der Waals surface area (Å²) in [6, 6.07) is 13.4. The van der Waals surface area contributed by atoms with Crippen molar-refractivity contribution in [1.29, 1.82) is 0 Å². The van der Waals surface area contributed by atoms with Crippen molar-refractivity contribution in [3.05, 3.63) is 78.3 Å². The number of nitrogens with zero attached hydrogens (tertiary/aromatic N) is 5. The fourth-order valence-corrected chi connectivity index (χ4v) is 2.99. The van der Waals surface area contributed by atoms with Gasteiger partial charge in [0.1, 0.15) is 17.8 Å². The van der Waals surface area contributed by atoms with Gasteiger partial charge in [-0.25, -0.2) is 9.97 Å². The highest BCUT2D eigenvalue weighted by Crippen LogP contribution is 2.38. The molecule has 0 aliphatic heterocycles. The lowest BCUT2D eigenvalue weighted by molar-refractivity contribution is 0.0946. The summed E-state index contributed by atoms with van der Waals surface area (Å²) in [6.45, 7) is 0.445. The molecule has 29 heavy (non-hydrogen) atoms. The maximum Gasteiger partial charge on any atom is 0.271 e. The highest BCUT2D eigenvalue weighted by molar-refractivity contribution is 5.92. The van der Waals surface area contributed by atoms with Crippen molar-refractivity contribution in [3.8, 4) is 17.3 Å². The third kappa shape index (κ3) is 3.77. The number of rotatable bonds is 6. The summed E-state index contributed by atoms with van der Waals surface area (Å²) < 4.78 is 7.08. The number of pyridine rings is 1. The standard InChI is InChI=1S/C21H18N6O2/c28-20(23-11-14-4-2-1-3-5-14)17-12-27(13-24-17)18-10-16(8-9-22-18)21-25-19(26-29-21)15-6-7-15/h1-5,8-10,12-13,15H,6-7,11H2,(H,23,28). The van der Waals surface area contributed by atoms with Crippen LogP contribution < -0.4 is 5.32 Å². The van der Waals surface area contributed by atoms with Gasteiger partial charge >= 0.3 is 0 Å². The summed E-state index contributed by atoms with van der Waals surface area (Å²) in [4.78, 5) is 25.4. The summed E-state index contributed by atoms with van der Waals surface area (Å²) in [5.41, 5.74) is 2.12. The number of carbonyl (C=O) groups excluding carboxylic acids is 1. The molecule has 1 amide bonds. The first-order chi connectivity index (χ1) is 14.3. The predicted molar refractivity (Wildman–Crippen MR) is 104 cm³/mol. The largest absolute Gasteiger partial charge is 0.347 e. The van der Waals surface area contributed by atoms with Crippen LogP contribution in [-0.2, 0) is 6.54 Å². The highest BCUT2D eigenvalue weighted by atomic mass is 16.5. The average Bonchev–Trinajstić information content (AvgIpc) is 3.29. The topological polar surface area (TPSA) is 98.7 Å². The van der Waals surface area contributed by atoms with E-state index in [1.165, 1.54) is 0 Å². The number of benzene rings is 1. The van der Waals surface area contributed by atoms with E-state index >= 15 is 0 Å². The smallest absolute Gasteiger partial charge is 0.271 e. The van der Waals surface area contributed by atoms with Crippen molar-refractivity contribution in [2.75, 3.05) is 0 Å². The molecule has 0 spiro atoms. The lowest BCUT2D eigenvalue weighted by Crippen LogP contribution is -2.23. The number of nitrogens with one attached hydrogen (secondary N) is 1. The molecule has 1 aliphatic carbocycles. The average molecular weight is 386 g/mol. The second kappa shape index (κ2) is 7.31. The van der Waals surface area contributed by atoms with E-state index in [9.17, 15) is 4.79 Å². The molecular formula is C21H18N6O2. The number of carbonyl (C=O) groups is 1. The molecular weight excluding hydrogens is 368 g/mol. The third-order valence-electron chi connectivity index (χ3n) is 4.75. The Morgan fingerprint density at radius 1 is 1.17 bits per heavy atom. The molecule has 0 saturated heterocycles. The Morgan fingerprint density at radius 3 is 2.86 bits per heavy atom. The Balaban J connectivity index is 1.31. The minimum atomic E-state index is -0.241. The lowest BCUT2D eigenvalue weighted by Gasteiger charge is -2.03. The molecule has 8 nitrogen and oxygen atoms in total. The molecule has 0 bridgehead atoms. The van der Waals surface area contributed by atoms with Gasteiger partial charge in [0.25, 0.3) is 11.8 Å². The molecule has 5 rings (SSSR count). The molecule has 1 aliphatic rings. The second-order valence-corrected chi connectivity index (χ2v) is 6.97. The summed E-state index contributed by atoms with van der Waals surface area (Å²) in [5.74, 6) is 2.03. The van der Waals surface area contributed by atoms with Gasteiger partial charge in [-0.1, -0.05) is 35.5 Å². The van der Waals surface area contributed by atoms with Gasteiger partial charge < -0.3 is 9.84 Å². The van der Waals surface area contributed by atoms with Crippen molar-refractivity contribution in [3.63, 3.8) is 0 Å². The first-order valence-corrected chi connectivity index (χ1v) is 9.43. The summed E-state index contributed by atoms with van der Waals surface area (Å²) >= 11 is 0. The van der Waals surface area contributed by atoms with E-state index in [-0.39, 0.29) is 5.91 Å². The molecule has 0 atom stereocenters. The number of hydrogen-bond donors (Lipinski definition) is 1. The zero-order valence-electron chi connectivity index (χ0n) is 15.5. The fourth-order valence-electron chi connectivity index (χ4n) is 2.99. The van der Waals surface area contributed by atoms with Gasteiger partial charge in [-0.3, -0.25) is 9.36 Å². The van der Waals surface area contributed by atoms with Crippen LogP contribution in [0.2, 0.25) is 0 Å². The van der Waals surface area contributed by atoms with Crippen LogP contribution in [0, 0.1) is 0 Å². The maximum absolute atomic E-state index is 12.4. The number of hydrogen-bond acceptors (Lipinski definition) is 6. The van der Waals surface area contributed by atoms with E-state index in [2.05, 4.69) is 25.4 Å². The Morgan fingerprint density at radius 2 is 2.03 bits per heavy atom. The molecule has 0 radical (unpaired) electrons. The van der Waals surface area contributed by atoms with E-state index in [1.54, 1.807) is 23.3 Å². The van der Waals surface area contributed by atoms with Crippen molar-refractivity contribution >= 4 is 5.91 Å². The van der Waals surface area contributed by atoms with Crippen molar-refractivity contribution < 1.29 is 9.32 Å². The van der Waals surface area contributed by atoms with Gasteiger partial charge in [0.05, 0.1) is 0 Å². The Labute approximate surface area is 166 Å². The fraction of sp³-hybridized carbons (Fsp3) is 0.190. The van der Waals surface area contributed by atoms with Gasteiger partial charge in [0, 0.05) is 30.4 Å². The Kier molecular flexibility index (Phi) is 4.36. The molecule has 3 heterocycles. The molecule has 3 aromatic heterocycles. The van der Waals surface area contributed by atoms with Crippen LogP contribution in [0.3, 0.4) is 0 Å². The van der Waals surface area contributed by atoms with Crippen LogP contribution in [0.15, 0.2) is 65.7 Å². The zero-order chi connectivity index (χ0) is 19.6. The Hall–Kier alpha value is -3.81. The van der Waals surface area contributed by atoms with Crippen molar-refractivity contribution in [1.82, 2.24) is 30.0 Å². The van der Waals surface area contributed by atoms with E-state index in [0.717, 1.165) is 29.8 Å². The van der Waals surface area contributed by atoms with Crippen LogP contribution in [0.25, 0.3) is 17.3 Å². The van der Waals surface area contributed by atoms with E-state index < -0.39 is 0 Å². The van der Waals surface area contributed by atoms with Crippen LogP contribution in [0.5, 0.6) is 0 Å². The minimum absolute atomic E-state index is 0.241. The van der Waals surface area contributed by atoms with E-state index in [4.69, 9.17) is 4.52 Å². The zero-order valence-corrected chi connectivity index (χ0v) is 15.5. The molecule has 8 heteroatoms. The molecule has 0 unspecified atom stereocenters. The number of aromatic nitrogens is 5. The van der Waals surface area contributed by atoms with Crippen LogP contribution in [0.1, 0.15) is 40.6 Å². The first-order valence-electron chi connectivity index (χ1n) is 9.43. The maximum atomic E-state index is 12.4. The van der Waals surface area contributed by atoms with Crippen LogP contribution in [0.4, 0.5) is 0 Å². The van der Waals surface area contributed by atoms with Crippen LogP contribution >= 0.6 is 0 Å². The number of imidazole rings is 1. The summed E-state index contributed by atoms with van der Waals surface area (Å²) in [7, 11) is 0. The highest BCUT2D eigenvalue weighted by Gasteiger charge is 2.29. The van der Waals surface area contributed by atoms with Gasteiger partial charge in [-0.2, -0.15) is 4.98 Å². The van der Waals surface area contributed by atoms with Crippen molar-refractivity contribution in [2.24, 2.45) is 0 Å². The molecule has 1 aromatic carbocycles. The minimum Gasteiger partial charge on any atom is -0.347 e. The molecule has 1 N–H and O–H groups in total. The van der Waals surface area contributed by atoms with Crippen molar-refractivity contribution in [2.45, 2.75) is 25.3 Å². The third-order valence-corrected chi connectivity index (χ3v) is 4.75. The number of amides is 1. The van der Waals surface area contributed by atoms with Gasteiger partial charge in [-0.05, 0) is 30.5 Å². The van der Waals surface area contributed by atoms with E-state index in [1.807, 2.05) is 42.5 Å². The Bertz CT molecular complexity index is 1150. The van der Waals surface area contributed by atoms with Crippen LogP contribution in [-0.4, -0.2) is 30.6 Å². The molecule has 144 valence electrons. The second-order valence-electron chi connectivity index (χ2n) is 6.97. The lowest BCUT2D eigenvalue weighted by atomic mass is 10.2. The normalized spacial score (nSPS) is 13.4. The van der Waals surface area contributed by atoms with Gasteiger partial charge in [0.15, 0.2) is 5.82 Å². The molecule has 4 aromatic rings. The molecule has 1 saturated carbocycles. The summed E-state index contributed by atoms with van der Waals surface area (Å²) in [6.07, 6.45) is 7.11.